The molecule has 2 aromatic carbocycles. The van der Waals surface area contributed by atoms with Crippen LogP contribution in [-0.4, -0.2) is 15.9 Å². The van der Waals surface area contributed by atoms with Crippen molar-refractivity contribution in [3.63, 3.8) is 0 Å². The summed E-state index contributed by atoms with van der Waals surface area (Å²) >= 11 is 0. The Kier molecular flexibility index (Phi) is 5.04. The number of aryl methyl sites for hydroxylation is 2. The van der Waals surface area contributed by atoms with Crippen LogP contribution >= 0.6 is 0 Å². The maximum atomic E-state index is 12.4. The molecule has 0 aliphatic heterocycles. The number of aromatic nitrogens is 2. The van der Waals surface area contributed by atoms with E-state index in [1.165, 1.54) is 11.1 Å². The summed E-state index contributed by atoms with van der Waals surface area (Å²) < 4.78 is 0. The number of carbonyl (C=O) groups excluding carboxylic acids is 1. The van der Waals surface area contributed by atoms with Crippen molar-refractivity contribution in [1.29, 1.82) is 0 Å². The van der Waals surface area contributed by atoms with E-state index in [0.717, 1.165) is 5.69 Å². The highest BCUT2D eigenvalue weighted by Crippen LogP contribution is 2.13. The van der Waals surface area contributed by atoms with Crippen LogP contribution in [0.1, 0.15) is 27.4 Å². The average Bonchev–Trinajstić information content (AvgIpc) is 2.61. The van der Waals surface area contributed by atoms with Crippen molar-refractivity contribution in [2.24, 2.45) is 0 Å². The lowest BCUT2D eigenvalue weighted by molar-refractivity contribution is 0.102. The molecule has 3 rings (SSSR count). The Hall–Kier alpha value is -3.21. The van der Waals surface area contributed by atoms with E-state index in [4.69, 9.17) is 0 Å². The fraction of sp³-hybridized carbons (Fsp3) is 0.150. The minimum Gasteiger partial charge on any atom is -0.366 e. The first-order chi connectivity index (χ1) is 12.1. The quantitative estimate of drug-likeness (QED) is 0.742. The van der Waals surface area contributed by atoms with Gasteiger partial charge in [-0.15, -0.1) is 0 Å². The number of para-hydroxylation sites is 1. The Labute approximate surface area is 147 Å². The lowest BCUT2D eigenvalue weighted by Gasteiger charge is -2.10. The number of anilines is 2. The number of nitrogens with zero attached hydrogens (tertiary/aromatic N) is 2. The number of rotatable bonds is 5. The highest BCUT2D eigenvalue weighted by Gasteiger charge is 2.11. The first-order valence-corrected chi connectivity index (χ1v) is 8.12. The predicted molar refractivity (Wildman–Crippen MR) is 99.7 cm³/mol. The van der Waals surface area contributed by atoms with Gasteiger partial charge in [0.1, 0.15) is 17.3 Å². The van der Waals surface area contributed by atoms with E-state index in [1.54, 1.807) is 13.0 Å². The van der Waals surface area contributed by atoms with Gasteiger partial charge in [-0.1, -0.05) is 42.5 Å². The van der Waals surface area contributed by atoms with Gasteiger partial charge < -0.3 is 10.6 Å². The Bertz CT molecular complexity index is 878. The van der Waals surface area contributed by atoms with Crippen molar-refractivity contribution in [2.45, 2.75) is 20.4 Å². The van der Waals surface area contributed by atoms with Crippen LogP contribution in [0, 0.1) is 13.8 Å². The zero-order valence-corrected chi connectivity index (χ0v) is 14.3. The Morgan fingerprint density at radius 3 is 2.44 bits per heavy atom. The first kappa shape index (κ1) is 16.6. The summed E-state index contributed by atoms with van der Waals surface area (Å²) in [7, 11) is 0. The zero-order valence-electron chi connectivity index (χ0n) is 14.3. The van der Waals surface area contributed by atoms with Gasteiger partial charge in [0.15, 0.2) is 0 Å². The van der Waals surface area contributed by atoms with Gasteiger partial charge in [0.25, 0.3) is 5.91 Å². The lowest BCUT2D eigenvalue weighted by atomic mass is 10.1. The number of hydrogen-bond acceptors (Lipinski definition) is 4. The molecule has 126 valence electrons. The Morgan fingerprint density at radius 1 is 0.960 bits per heavy atom. The van der Waals surface area contributed by atoms with Crippen LogP contribution in [0.4, 0.5) is 11.5 Å². The van der Waals surface area contributed by atoms with E-state index in [2.05, 4.69) is 39.7 Å². The summed E-state index contributed by atoms with van der Waals surface area (Å²) in [5, 5.41) is 6.11. The second-order valence-corrected chi connectivity index (χ2v) is 5.79. The molecule has 0 radical (unpaired) electrons. The molecular formula is C20H20N4O. The van der Waals surface area contributed by atoms with Crippen molar-refractivity contribution < 1.29 is 4.79 Å². The number of hydrogen-bond donors (Lipinski definition) is 2. The van der Waals surface area contributed by atoms with Crippen LogP contribution in [0.3, 0.4) is 0 Å². The number of nitrogens with one attached hydrogen (secondary N) is 2. The van der Waals surface area contributed by atoms with Gasteiger partial charge in [0.2, 0.25) is 0 Å². The monoisotopic (exact) mass is 332 g/mol. The molecular weight excluding hydrogens is 312 g/mol. The molecule has 0 aliphatic rings. The normalized spacial score (nSPS) is 10.3. The molecule has 0 unspecified atom stereocenters. The van der Waals surface area contributed by atoms with Crippen LogP contribution in [0.25, 0.3) is 0 Å². The van der Waals surface area contributed by atoms with Crippen LogP contribution in [-0.2, 0) is 6.54 Å². The van der Waals surface area contributed by atoms with Gasteiger partial charge in [-0.25, -0.2) is 9.97 Å². The Balaban J connectivity index is 1.74. The SMILES string of the molecule is Cc1nc(NCc2ccccc2C)cc(C(=O)Nc2ccccc2)n1. The fourth-order valence-corrected chi connectivity index (χ4v) is 2.49. The van der Waals surface area contributed by atoms with Gasteiger partial charge in [-0.05, 0) is 37.1 Å². The van der Waals surface area contributed by atoms with E-state index in [0.29, 0.717) is 23.9 Å². The van der Waals surface area contributed by atoms with Crippen LogP contribution in [0.5, 0.6) is 0 Å². The largest absolute Gasteiger partial charge is 0.366 e. The molecule has 2 N–H and O–H groups in total. The summed E-state index contributed by atoms with van der Waals surface area (Å²) in [5.41, 5.74) is 3.47. The number of benzene rings is 2. The summed E-state index contributed by atoms with van der Waals surface area (Å²) in [6, 6.07) is 19.1. The van der Waals surface area contributed by atoms with Crippen molar-refractivity contribution in [2.75, 3.05) is 10.6 Å². The molecule has 0 fully saturated rings. The molecule has 5 heteroatoms. The maximum Gasteiger partial charge on any atom is 0.274 e. The van der Waals surface area contributed by atoms with E-state index < -0.39 is 0 Å². The summed E-state index contributed by atoms with van der Waals surface area (Å²) in [4.78, 5) is 21.0. The standard InChI is InChI=1S/C20H20N4O/c1-14-8-6-7-9-16(14)13-21-19-12-18(22-15(2)23-19)20(25)24-17-10-4-3-5-11-17/h3-12H,13H2,1-2H3,(H,24,25)(H,21,22,23). The predicted octanol–water partition coefficient (Wildman–Crippen LogP) is 3.96. The van der Waals surface area contributed by atoms with E-state index in [-0.39, 0.29) is 5.91 Å². The second kappa shape index (κ2) is 7.57. The smallest absolute Gasteiger partial charge is 0.274 e. The molecule has 1 amide bonds. The highest BCUT2D eigenvalue weighted by molar-refractivity contribution is 6.03. The van der Waals surface area contributed by atoms with E-state index >= 15 is 0 Å². The summed E-state index contributed by atoms with van der Waals surface area (Å²) in [6.07, 6.45) is 0. The minimum absolute atomic E-state index is 0.254. The second-order valence-electron chi connectivity index (χ2n) is 5.79. The molecule has 3 aromatic rings. The molecule has 25 heavy (non-hydrogen) atoms. The first-order valence-electron chi connectivity index (χ1n) is 8.12. The molecule has 1 heterocycles. The van der Waals surface area contributed by atoms with E-state index in [1.807, 2.05) is 42.5 Å². The van der Waals surface area contributed by atoms with E-state index in [9.17, 15) is 4.79 Å². The molecule has 0 atom stereocenters. The van der Waals surface area contributed by atoms with Crippen LogP contribution < -0.4 is 10.6 Å². The molecule has 0 saturated carbocycles. The van der Waals surface area contributed by atoms with Gasteiger partial charge in [-0.3, -0.25) is 4.79 Å². The molecule has 0 saturated heterocycles. The number of amides is 1. The lowest BCUT2D eigenvalue weighted by Crippen LogP contribution is -2.15. The van der Waals surface area contributed by atoms with Crippen molar-refractivity contribution in [3.8, 4) is 0 Å². The summed E-state index contributed by atoms with van der Waals surface area (Å²) in [6.45, 7) is 4.49. The fourth-order valence-electron chi connectivity index (χ4n) is 2.49. The third-order valence-electron chi connectivity index (χ3n) is 3.82. The third-order valence-corrected chi connectivity index (χ3v) is 3.82. The molecule has 5 nitrogen and oxygen atoms in total. The summed E-state index contributed by atoms with van der Waals surface area (Å²) in [5.74, 6) is 0.928. The average molecular weight is 332 g/mol. The Morgan fingerprint density at radius 2 is 1.68 bits per heavy atom. The van der Waals surface area contributed by atoms with Gasteiger partial charge >= 0.3 is 0 Å². The molecule has 1 aromatic heterocycles. The number of carbonyl (C=O) groups is 1. The van der Waals surface area contributed by atoms with Gasteiger partial charge in [-0.2, -0.15) is 0 Å². The highest BCUT2D eigenvalue weighted by atomic mass is 16.1. The zero-order chi connectivity index (χ0) is 17.6. The van der Waals surface area contributed by atoms with Gasteiger partial charge in [0.05, 0.1) is 0 Å². The van der Waals surface area contributed by atoms with Crippen LogP contribution in [0.15, 0.2) is 60.7 Å². The van der Waals surface area contributed by atoms with Gasteiger partial charge in [0, 0.05) is 18.3 Å². The molecule has 0 aliphatic carbocycles. The minimum atomic E-state index is -0.254. The third kappa shape index (κ3) is 4.41. The van der Waals surface area contributed by atoms with Crippen molar-refractivity contribution in [3.05, 3.63) is 83.3 Å². The van der Waals surface area contributed by atoms with Crippen LogP contribution in [0.2, 0.25) is 0 Å². The molecule has 0 bridgehead atoms. The van der Waals surface area contributed by atoms with Crippen molar-refractivity contribution >= 4 is 17.4 Å². The topological polar surface area (TPSA) is 66.9 Å². The molecule has 0 spiro atoms. The maximum absolute atomic E-state index is 12.4. The van der Waals surface area contributed by atoms with Crippen molar-refractivity contribution in [1.82, 2.24) is 9.97 Å².